The molecule has 2 heterocycles. The largest absolute Gasteiger partial charge is 0.387 e. The summed E-state index contributed by atoms with van der Waals surface area (Å²) in [6.45, 7) is 0. The van der Waals surface area contributed by atoms with Crippen LogP contribution in [0.3, 0.4) is 0 Å². The van der Waals surface area contributed by atoms with E-state index in [1.54, 1.807) is 29.8 Å². The third kappa shape index (κ3) is 3.90. The molecule has 141 valence electrons. The van der Waals surface area contributed by atoms with Crippen molar-refractivity contribution in [2.45, 2.75) is 12.3 Å². The summed E-state index contributed by atoms with van der Waals surface area (Å²) in [6.07, 6.45) is 1.22. The molecule has 11 heteroatoms. The maximum absolute atomic E-state index is 11.1. The number of halogens is 1. The van der Waals surface area contributed by atoms with Gasteiger partial charge in [-0.15, -0.1) is 12.4 Å². The van der Waals surface area contributed by atoms with Gasteiger partial charge in [0.05, 0.1) is 33.7 Å². The number of nitrogens with zero attached hydrogens (tertiary/aromatic N) is 3. The average molecular weight is 391 g/mol. The van der Waals surface area contributed by atoms with Crippen molar-refractivity contribution in [3.8, 4) is 11.5 Å². The minimum Gasteiger partial charge on any atom is -0.387 e. The summed E-state index contributed by atoms with van der Waals surface area (Å²) in [7, 11) is 1.69. The second kappa shape index (κ2) is 7.46. The first kappa shape index (κ1) is 19.9. The van der Waals surface area contributed by atoms with E-state index in [2.05, 4.69) is 9.97 Å². The van der Waals surface area contributed by atoms with E-state index >= 15 is 0 Å². The monoisotopic (exact) mass is 390 g/mol. The topological polar surface area (TPSA) is 167 Å². The van der Waals surface area contributed by atoms with Crippen LogP contribution in [-0.4, -0.2) is 31.2 Å². The van der Waals surface area contributed by atoms with Crippen LogP contribution < -0.4 is 11.5 Å². The van der Waals surface area contributed by atoms with E-state index < -0.39 is 16.7 Å². The minimum absolute atomic E-state index is 0. The predicted molar refractivity (Wildman–Crippen MR) is 102 cm³/mol. The van der Waals surface area contributed by atoms with Crippen LogP contribution in [0.1, 0.15) is 17.9 Å². The number of hydrogen-bond acceptors (Lipinski definition) is 5. The number of H-pyrrole nitrogens is 1. The fourth-order valence-corrected chi connectivity index (χ4v) is 2.84. The van der Waals surface area contributed by atoms with Crippen LogP contribution in [0.15, 0.2) is 30.5 Å². The molecule has 0 aliphatic rings. The molecule has 3 aromatic rings. The number of aromatic amines is 1. The molecule has 0 fully saturated rings. The minimum atomic E-state index is -0.802. The molecule has 0 saturated carbocycles. The molecule has 0 bridgehead atoms. The Bertz CT molecular complexity index is 1040. The molecule has 0 aliphatic carbocycles. The van der Waals surface area contributed by atoms with E-state index in [-0.39, 0.29) is 30.4 Å². The molecule has 0 spiro atoms. The smallest absolute Gasteiger partial charge is 0.287 e. The number of nitrogens with one attached hydrogen (secondary N) is 3. The number of imidazole rings is 1. The van der Waals surface area contributed by atoms with E-state index in [0.717, 1.165) is 0 Å². The van der Waals surface area contributed by atoms with E-state index in [4.69, 9.17) is 16.9 Å². The van der Waals surface area contributed by atoms with Crippen molar-refractivity contribution < 1.29 is 9.72 Å². The second-order valence-corrected chi connectivity index (χ2v) is 5.95. The number of aryl methyl sites for hydroxylation is 1. The van der Waals surface area contributed by atoms with Gasteiger partial charge in [-0.05, 0) is 17.7 Å². The molecule has 1 amide bonds. The van der Waals surface area contributed by atoms with E-state index in [9.17, 15) is 14.9 Å². The number of amides is 1. The lowest BCUT2D eigenvalue weighted by Crippen LogP contribution is -2.23. The number of nitro groups is 1. The molecule has 0 saturated heterocycles. The van der Waals surface area contributed by atoms with E-state index in [1.807, 2.05) is 0 Å². The zero-order valence-corrected chi connectivity index (χ0v) is 15.0. The van der Waals surface area contributed by atoms with Gasteiger partial charge < -0.3 is 15.3 Å². The van der Waals surface area contributed by atoms with Gasteiger partial charge in [0.2, 0.25) is 5.91 Å². The van der Waals surface area contributed by atoms with Gasteiger partial charge in [-0.3, -0.25) is 26.1 Å². The van der Waals surface area contributed by atoms with Gasteiger partial charge >= 0.3 is 0 Å². The van der Waals surface area contributed by atoms with Crippen molar-refractivity contribution in [2.24, 2.45) is 12.8 Å². The van der Waals surface area contributed by atoms with E-state index in [0.29, 0.717) is 28.1 Å². The highest BCUT2D eigenvalue weighted by Crippen LogP contribution is 2.28. The Morgan fingerprint density at radius 1 is 1.44 bits per heavy atom. The number of rotatable bonds is 6. The summed E-state index contributed by atoms with van der Waals surface area (Å²) < 4.78 is 1.61. The van der Waals surface area contributed by atoms with Crippen molar-refractivity contribution in [1.82, 2.24) is 20.3 Å². The van der Waals surface area contributed by atoms with Gasteiger partial charge in [0.15, 0.2) is 5.82 Å². The fraction of sp³-hybridized carbons (Fsp3) is 0.188. The first-order chi connectivity index (χ1) is 12.3. The zero-order chi connectivity index (χ0) is 19.0. The van der Waals surface area contributed by atoms with Gasteiger partial charge in [-0.2, -0.15) is 0 Å². The van der Waals surface area contributed by atoms with Crippen molar-refractivity contribution in [3.63, 3.8) is 0 Å². The molecule has 10 nitrogen and oxygen atoms in total. The zero-order valence-electron chi connectivity index (χ0n) is 14.2. The summed E-state index contributed by atoms with van der Waals surface area (Å²) in [5.74, 6) is -1.22. The number of fused-ring (bicyclic) bond motifs is 1. The second-order valence-electron chi connectivity index (χ2n) is 5.95. The highest BCUT2D eigenvalue weighted by atomic mass is 35.5. The van der Waals surface area contributed by atoms with Crippen LogP contribution in [0, 0.1) is 15.5 Å². The molecular weight excluding hydrogens is 374 g/mol. The Kier molecular flexibility index (Phi) is 5.50. The number of amidine groups is 1. The number of nitrogens with two attached hydrogens (primary N) is 1. The molecule has 5 N–H and O–H groups in total. The van der Waals surface area contributed by atoms with Crippen molar-refractivity contribution >= 4 is 40.9 Å². The SMILES string of the molecule is Cl.Cn1cc([N+](=O)[O-])cc1-c1nc2cc(C(CC([NH])=O)C(=N)N)ccc2[nH]1. The molecule has 1 atom stereocenters. The first-order valence-electron chi connectivity index (χ1n) is 7.65. The Labute approximate surface area is 159 Å². The Morgan fingerprint density at radius 3 is 2.70 bits per heavy atom. The number of aromatic nitrogens is 3. The molecular formula is C16H17ClN7O3. The maximum Gasteiger partial charge on any atom is 0.287 e. The van der Waals surface area contributed by atoms with Crippen molar-refractivity contribution in [1.29, 1.82) is 5.41 Å². The highest BCUT2D eigenvalue weighted by Gasteiger charge is 2.20. The van der Waals surface area contributed by atoms with Crippen LogP contribution in [0.2, 0.25) is 0 Å². The van der Waals surface area contributed by atoms with Crippen LogP contribution in [-0.2, 0) is 11.8 Å². The predicted octanol–water partition coefficient (Wildman–Crippen LogP) is 2.12. The average Bonchev–Trinajstić information content (AvgIpc) is 3.14. The van der Waals surface area contributed by atoms with Crippen molar-refractivity contribution in [2.75, 3.05) is 0 Å². The lowest BCUT2D eigenvalue weighted by molar-refractivity contribution is -0.384. The molecule has 3 rings (SSSR count). The lowest BCUT2D eigenvalue weighted by atomic mass is 9.94. The Hall–Kier alpha value is -3.40. The Balaban J connectivity index is 0.00000261. The summed E-state index contributed by atoms with van der Waals surface area (Å²) >= 11 is 0. The first-order valence-corrected chi connectivity index (χ1v) is 7.65. The summed E-state index contributed by atoms with van der Waals surface area (Å²) in [5, 5.41) is 18.6. The normalized spacial score (nSPS) is 11.7. The third-order valence-corrected chi connectivity index (χ3v) is 4.12. The maximum atomic E-state index is 11.1. The molecule has 2 aromatic heterocycles. The molecule has 27 heavy (non-hydrogen) atoms. The van der Waals surface area contributed by atoms with Gasteiger partial charge in [0.25, 0.3) is 5.69 Å². The van der Waals surface area contributed by atoms with Gasteiger partial charge in [-0.25, -0.2) is 4.98 Å². The molecule has 1 radical (unpaired) electrons. The molecule has 1 aromatic carbocycles. The van der Waals surface area contributed by atoms with Crippen molar-refractivity contribution in [3.05, 3.63) is 46.1 Å². The number of benzene rings is 1. The molecule has 0 aliphatic heterocycles. The quantitative estimate of drug-likeness (QED) is 0.253. The standard InChI is InChI=1S/C16H16N7O3.ClH/c1-22-7-9(23(25)26)5-13(22)16-20-11-3-2-8(4-12(11)21-16)10(15(18)19)6-14(17)24;/h2-5,7,10,17H,6H2,1H3,(H3,18,19)(H,20,21);1H. The van der Waals surface area contributed by atoms with Crippen LogP contribution in [0.4, 0.5) is 5.69 Å². The number of hydrogen-bond donors (Lipinski definition) is 3. The van der Waals surface area contributed by atoms with Gasteiger partial charge in [0.1, 0.15) is 0 Å². The van der Waals surface area contributed by atoms with Gasteiger partial charge in [-0.1, -0.05) is 6.07 Å². The van der Waals surface area contributed by atoms with Gasteiger partial charge in [0, 0.05) is 25.5 Å². The molecule has 1 unspecified atom stereocenters. The van der Waals surface area contributed by atoms with Crippen LogP contribution in [0.25, 0.3) is 22.6 Å². The third-order valence-electron chi connectivity index (χ3n) is 4.12. The lowest BCUT2D eigenvalue weighted by Gasteiger charge is -2.13. The number of carbonyl (C=O) groups excluding carboxylic acids is 1. The summed E-state index contributed by atoms with van der Waals surface area (Å²) in [6, 6.07) is 6.58. The summed E-state index contributed by atoms with van der Waals surface area (Å²) in [5.41, 5.74) is 15.1. The Morgan fingerprint density at radius 2 is 2.15 bits per heavy atom. The van der Waals surface area contributed by atoms with E-state index in [1.165, 1.54) is 12.3 Å². The fourth-order valence-electron chi connectivity index (χ4n) is 2.84. The summed E-state index contributed by atoms with van der Waals surface area (Å²) in [4.78, 5) is 29.1. The van der Waals surface area contributed by atoms with Crippen LogP contribution >= 0.6 is 12.4 Å². The number of carbonyl (C=O) groups is 1. The highest BCUT2D eigenvalue weighted by molar-refractivity contribution is 5.91. The van der Waals surface area contributed by atoms with Crippen LogP contribution in [0.5, 0.6) is 0 Å².